The number of aromatic nitrogens is 3. The second kappa shape index (κ2) is 10.6. The van der Waals surface area contributed by atoms with E-state index in [-0.39, 0.29) is 30.2 Å². The van der Waals surface area contributed by atoms with E-state index in [2.05, 4.69) is 0 Å². The number of alkyl halides is 2. The van der Waals surface area contributed by atoms with Gasteiger partial charge in [-0.3, -0.25) is 9.59 Å². The van der Waals surface area contributed by atoms with Gasteiger partial charge < -0.3 is 9.84 Å². The van der Waals surface area contributed by atoms with Crippen LogP contribution in [0.2, 0.25) is 0 Å². The van der Waals surface area contributed by atoms with Crippen LogP contribution in [0.1, 0.15) is 18.0 Å². The van der Waals surface area contributed by atoms with Crippen molar-refractivity contribution in [1.82, 2.24) is 13.9 Å². The average molecular weight is 663 g/mol. The Balaban J connectivity index is 1.42. The highest BCUT2D eigenvalue weighted by Gasteiger charge is 2.75. The van der Waals surface area contributed by atoms with Crippen LogP contribution in [-0.2, 0) is 16.1 Å². The highest BCUT2D eigenvalue weighted by molar-refractivity contribution is 6.57. The molecule has 234 valence electrons. The summed E-state index contributed by atoms with van der Waals surface area (Å²) in [5.41, 5.74) is 0.310. The van der Waals surface area contributed by atoms with E-state index < -0.39 is 50.7 Å². The lowest BCUT2D eigenvalue weighted by Gasteiger charge is -2.47. The predicted molar refractivity (Wildman–Crippen MR) is 169 cm³/mol. The van der Waals surface area contributed by atoms with Crippen LogP contribution in [0.3, 0.4) is 0 Å². The fraction of sp³-hybridized carbons (Fsp3) is 0.212. The molecule has 1 N–H and O–H groups in total. The number of ether oxygens (including phenoxy) is 1. The molecule has 3 heterocycles. The summed E-state index contributed by atoms with van der Waals surface area (Å²) in [6.07, 6.45) is 4.71. The number of amides is 2. The first-order valence-corrected chi connectivity index (χ1v) is 15.0. The van der Waals surface area contributed by atoms with Crippen LogP contribution in [-0.4, -0.2) is 47.7 Å². The molecule has 3 aliphatic rings. The quantitative estimate of drug-likeness (QED) is 0.193. The van der Waals surface area contributed by atoms with Crippen LogP contribution in [0, 0.1) is 11.7 Å². The van der Waals surface area contributed by atoms with E-state index in [0.717, 1.165) is 21.6 Å². The molecule has 1 saturated heterocycles. The van der Waals surface area contributed by atoms with Gasteiger partial charge in [0.05, 0.1) is 31.1 Å². The molecule has 2 fully saturated rings. The number of phenolic OH excluding ortho intramolecular Hbond substituents is 1. The summed E-state index contributed by atoms with van der Waals surface area (Å²) in [5.74, 6) is -3.13. The fourth-order valence-corrected chi connectivity index (χ4v) is 7.58. The maximum Gasteiger partial charge on any atom is 0.352 e. The van der Waals surface area contributed by atoms with E-state index in [0.29, 0.717) is 16.8 Å². The highest BCUT2D eigenvalue weighted by Crippen LogP contribution is 2.61. The van der Waals surface area contributed by atoms with Crippen LogP contribution < -0.4 is 21.0 Å². The molecule has 13 heteroatoms. The lowest BCUT2D eigenvalue weighted by Crippen LogP contribution is -2.60. The minimum Gasteiger partial charge on any atom is -0.504 e. The minimum atomic E-state index is -2.09. The Hall–Kier alpha value is -4.87. The lowest BCUT2D eigenvalue weighted by molar-refractivity contribution is -0.122. The van der Waals surface area contributed by atoms with E-state index >= 15 is 0 Å². The summed E-state index contributed by atoms with van der Waals surface area (Å²) in [6.45, 7) is -0.0107. The Bertz CT molecular complexity index is 2100. The molecule has 10 nitrogen and oxygen atoms in total. The fourth-order valence-electron chi connectivity index (χ4n) is 6.71. The number of fused-ring (bicyclic) bond motifs is 4. The Morgan fingerprint density at radius 1 is 0.935 bits per heavy atom. The molecule has 3 aromatic carbocycles. The number of methoxy groups -OCH3 is 1. The second-order valence-electron chi connectivity index (χ2n) is 11.3. The zero-order valence-electron chi connectivity index (χ0n) is 24.1. The molecule has 2 aliphatic heterocycles. The van der Waals surface area contributed by atoms with E-state index in [4.69, 9.17) is 27.9 Å². The van der Waals surface area contributed by atoms with Crippen molar-refractivity contribution < 1.29 is 23.8 Å². The molecule has 7 rings (SSSR count). The van der Waals surface area contributed by atoms with Gasteiger partial charge in [0, 0.05) is 12.3 Å². The number of benzene rings is 3. The number of imide groups is 1. The molecular weight excluding hydrogens is 638 g/mol. The summed E-state index contributed by atoms with van der Waals surface area (Å²) < 4.78 is 22.6. The largest absolute Gasteiger partial charge is 0.504 e. The highest BCUT2D eigenvalue weighted by atomic mass is 35.5. The smallest absolute Gasteiger partial charge is 0.352 e. The number of phenols is 1. The van der Waals surface area contributed by atoms with Gasteiger partial charge in [0.25, 0.3) is 11.8 Å². The lowest BCUT2D eigenvalue weighted by atomic mass is 9.66. The van der Waals surface area contributed by atoms with Crippen LogP contribution in [0.4, 0.5) is 10.1 Å². The zero-order valence-corrected chi connectivity index (χ0v) is 25.7. The predicted octanol–water partition coefficient (Wildman–Crippen LogP) is 4.40. The topological polar surface area (TPSA) is 116 Å². The zero-order chi connectivity index (χ0) is 32.5. The molecule has 4 atom stereocenters. The number of hydrogen-bond donors (Lipinski definition) is 1. The normalized spacial score (nSPS) is 25.3. The molecule has 1 aromatic heterocycles. The van der Waals surface area contributed by atoms with E-state index in [1.807, 2.05) is 0 Å². The molecule has 2 amide bonds. The van der Waals surface area contributed by atoms with E-state index in [1.165, 1.54) is 34.7 Å². The van der Waals surface area contributed by atoms with Crippen LogP contribution in [0.25, 0.3) is 11.8 Å². The van der Waals surface area contributed by atoms with Gasteiger partial charge in [-0.05, 0) is 59.7 Å². The van der Waals surface area contributed by atoms with Crippen molar-refractivity contribution in [2.24, 2.45) is 5.92 Å². The number of carbonyl (C=O) groups excluding carboxylic acids is 2. The van der Waals surface area contributed by atoms with Crippen molar-refractivity contribution >= 4 is 46.8 Å². The van der Waals surface area contributed by atoms with Gasteiger partial charge in [0.2, 0.25) is 0 Å². The van der Waals surface area contributed by atoms with Crippen molar-refractivity contribution in [2.75, 3.05) is 12.0 Å². The number of allylic oxidation sites excluding steroid dienone is 3. The monoisotopic (exact) mass is 662 g/mol. The van der Waals surface area contributed by atoms with Crippen molar-refractivity contribution in [3.05, 3.63) is 123 Å². The van der Waals surface area contributed by atoms with Gasteiger partial charge >= 0.3 is 11.4 Å². The van der Waals surface area contributed by atoms with Gasteiger partial charge in [-0.15, -0.1) is 23.2 Å². The van der Waals surface area contributed by atoms with E-state index in [1.54, 1.807) is 60.7 Å². The molecule has 0 unspecified atom stereocenters. The number of nitrogens with zero attached hydrogens (tertiary/aromatic N) is 4. The van der Waals surface area contributed by atoms with Crippen LogP contribution in [0.15, 0.2) is 100 Å². The number of anilines is 1. The first kappa shape index (κ1) is 29.8. The van der Waals surface area contributed by atoms with Gasteiger partial charge in [-0.25, -0.2) is 32.8 Å². The van der Waals surface area contributed by atoms with E-state index in [9.17, 15) is 28.7 Å². The summed E-state index contributed by atoms with van der Waals surface area (Å²) in [4.78, 5) is 52.7. The summed E-state index contributed by atoms with van der Waals surface area (Å²) in [6, 6.07) is 16.9. The molecule has 1 aliphatic carbocycles. The number of carbonyl (C=O) groups is 2. The standard InChI is InChI=1S/C33H25Cl2FN4O6/c1-46-27-17-19(8-14-26(27)41)7-13-24-23-15-16-37-30(44)39(21-5-3-2-4-6-21)31(45)40(37)25(23)18-32(34)28(42)38(29(43)33(24,32)35)22-11-9-20(36)10-12-22/h2-15,17,24-25,41H,16,18H2,1H3/t24-,25+,32+,33-/m0/s1. The van der Waals surface area contributed by atoms with Crippen molar-refractivity contribution in [1.29, 1.82) is 0 Å². The first-order valence-electron chi connectivity index (χ1n) is 14.3. The van der Waals surface area contributed by atoms with Crippen LogP contribution >= 0.6 is 23.2 Å². The third-order valence-electron chi connectivity index (χ3n) is 8.92. The Morgan fingerprint density at radius 3 is 2.35 bits per heavy atom. The van der Waals surface area contributed by atoms with Crippen molar-refractivity contribution in [2.45, 2.75) is 28.8 Å². The third kappa shape index (κ3) is 4.08. The van der Waals surface area contributed by atoms with Gasteiger partial charge in [-0.2, -0.15) is 0 Å². The molecule has 1 saturated carbocycles. The number of para-hydroxylation sites is 1. The number of aromatic hydroxyl groups is 1. The molecule has 4 aromatic rings. The van der Waals surface area contributed by atoms with Gasteiger partial charge in [-0.1, -0.05) is 42.5 Å². The third-order valence-corrected chi connectivity index (χ3v) is 10.3. The summed E-state index contributed by atoms with van der Waals surface area (Å²) in [7, 11) is 1.41. The first-order chi connectivity index (χ1) is 22.0. The summed E-state index contributed by atoms with van der Waals surface area (Å²) >= 11 is 14.6. The summed E-state index contributed by atoms with van der Waals surface area (Å²) in [5, 5.41) is 10.1. The molecule has 46 heavy (non-hydrogen) atoms. The SMILES string of the molecule is COc1cc(C=C[C@H]2C3=CCn4c(=O)n(-c5ccccc5)c(=O)n4[C@@H]3C[C@@]3(Cl)C(=O)N(c4ccc(F)cc4)C(=O)[C@@]23Cl)ccc1O. The Labute approximate surface area is 270 Å². The minimum absolute atomic E-state index is 0.0107. The average Bonchev–Trinajstić information content (AvgIpc) is 3.40. The van der Waals surface area contributed by atoms with Crippen molar-refractivity contribution in [3.8, 4) is 17.2 Å². The second-order valence-corrected chi connectivity index (χ2v) is 12.5. The number of hydrogen-bond acceptors (Lipinski definition) is 6. The molecule has 0 spiro atoms. The molecule has 0 bridgehead atoms. The van der Waals surface area contributed by atoms with Gasteiger partial charge in [0.1, 0.15) is 5.82 Å². The number of rotatable bonds is 5. The van der Waals surface area contributed by atoms with Gasteiger partial charge in [0.15, 0.2) is 21.2 Å². The Kier molecular flexibility index (Phi) is 6.87. The van der Waals surface area contributed by atoms with Crippen LogP contribution in [0.5, 0.6) is 11.5 Å². The number of halogens is 3. The maximum absolute atomic E-state index is 14.3. The van der Waals surface area contributed by atoms with Crippen molar-refractivity contribution in [3.63, 3.8) is 0 Å². The molecule has 0 radical (unpaired) electrons. The maximum atomic E-state index is 14.3. The Morgan fingerprint density at radius 2 is 1.65 bits per heavy atom. The molecular formula is C33H25Cl2FN4O6.